The lowest BCUT2D eigenvalue weighted by molar-refractivity contribution is -0.141. The topological polar surface area (TPSA) is 134 Å². The highest BCUT2D eigenvalue weighted by atomic mass is 16.4. The molecule has 1 aromatic rings. The number of rotatable bonds is 13. The predicted molar refractivity (Wildman–Crippen MR) is 130 cm³/mol. The third-order valence-corrected chi connectivity index (χ3v) is 5.77. The van der Waals surface area contributed by atoms with Crippen LogP contribution in [-0.2, 0) is 35.2 Å². The van der Waals surface area contributed by atoms with E-state index in [4.69, 9.17) is 8.05 Å². The molecule has 188 valence electrons. The number of carbonyl (C=O) groups is 5. The second-order valence-electron chi connectivity index (χ2n) is 9.26. The lowest BCUT2D eigenvalue weighted by Gasteiger charge is -2.17. The number of amides is 5. The van der Waals surface area contributed by atoms with Crippen LogP contribution in [0.3, 0.4) is 0 Å². The average molecular weight is 484 g/mol. The number of carbonyl (C=O) groups excluding carboxylic acids is 5. The molecule has 1 heterocycles. The molecule has 1 saturated heterocycles. The number of nitrogens with one attached hydrogen (secondary N) is 3. The Morgan fingerprint density at radius 2 is 1.71 bits per heavy atom. The number of imide groups is 1. The van der Waals surface area contributed by atoms with Crippen molar-refractivity contribution in [2.45, 2.75) is 53.1 Å². The molecule has 10 nitrogen and oxygen atoms in total. The van der Waals surface area contributed by atoms with Gasteiger partial charge in [0.25, 0.3) is 8.05 Å². The summed E-state index contributed by atoms with van der Waals surface area (Å²) < 4.78 is 4.54. The molecule has 2 radical (unpaired) electrons. The molecule has 1 unspecified atom stereocenters. The molecule has 0 bridgehead atoms. The molecule has 0 aliphatic carbocycles. The van der Waals surface area contributed by atoms with E-state index in [1.807, 2.05) is 0 Å². The summed E-state index contributed by atoms with van der Waals surface area (Å²) in [6.45, 7) is 5.74. The minimum absolute atomic E-state index is 0.139. The summed E-state index contributed by atoms with van der Waals surface area (Å²) in [5.41, 5.74) is 0.770. The Balaban J connectivity index is 1.60. The van der Waals surface area contributed by atoms with Crippen molar-refractivity contribution in [2.75, 3.05) is 25.0 Å². The van der Waals surface area contributed by atoms with Gasteiger partial charge in [-0.1, -0.05) is 26.0 Å². The second kappa shape index (κ2) is 13.0. The zero-order chi connectivity index (χ0) is 26.0. The van der Waals surface area contributed by atoms with Gasteiger partial charge >= 0.3 is 0 Å². The molecule has 35 heavy (non-hydrogen) atoms. The van der Waals surface area contributed by atoms with E-state index in [0.717, 1.165) is 12.0 Å². The summed E-state index contributed by atoms with van der Waals surface area (Å²) >= 11 is 0. The van der Waals surface area contributed by atoms with Gasteiger partial charge in [-0.15, -0.1) is 0 Å². The number of nitrogens with zero attached hydrogens (tertiary/aromatic N) is 1. The predicted octanol–water partition coefficient (Wildman–Crippen LogP) is 1.05. The molecule has 1 fully saturated rings. The average Bonchev–Trinajstić information content (AvgIpc) is 3.01. The molecule has 5 amide bonds. The Labute approximate surface area is 207 Å². The van der Waals surface area contributed by atoms with E-state index < -0.39 is 29.1 Å². The van der Waals surface area contributed by atoms with Crippen molar-refractivity contribution in [1.29, 1.82) is 0 Å². The molecule has 1 atom stereocenters. The molecule has 1 aliphatic rings. The van der Waals surface area contributed by atoms with Crippen molar-refractivity contribution in [3.05, 3.63) is 29.8 Å². The molecule has 1 aliphatic heterocycles. The Hall–Kier alpha value is -3.21. The van der Waals surface area contributed by atoms with Gasteiger partial charge < -0.3 is 20.6 Å². The van der Waals surface area contributed by atoms with Crippen LogP contribution in [0.5, 0.6) is 0 Å². The van der Waals surface area contributed by atoms with Crippen LogP contribution in [0.4, 0.5) is 5.69 Å². The maximum atomic E-state index is 12.2. The van der Waals surface area contributed by atoms with Crippen LogP contribution in [0.15, 0.2) is 24.3 Å². The van der Waals surface area contributed by atoms with Crippen molar-refractivity contribution in [3.63, 3.8) is 0 Å². The van der Waals surface area contributed by atoms with Crippen LogP contribution in [0, 0.1) is 11.3 Å². The summed E-state index contributed by atoms with van der Waals surface area (Å²) in [4.78, 5) is 61.9. The first-order chi connectivity index (χ1) is 16.5. The number of hydrogen-bond donors (Lipinski definition) is 3. The monoisotopic (exact) mass is 484 g/mol. The highest BCUT2D eigenvalue weighted by Gasteiger charge is 2.44. The fraction of sp³-hybridized carbons (Fsp3) is 0.542. The summed E-state index contributed by atoms with van der Waals surface area (Å²) in [5, 5.41) is 7.80. The number of hydrogen-bond acceptors (Lipinski definition) is 6. The number of benzene rings is 1. The summed E-state index contributed by atoms with van der Waals surface area (Å²) in [6.07, 6.45) is 2.26. The Morgan fingerprint density at radius 3 is 2.31 bits per heavy atom. The van der Waals surface area contributed by atoms with E-state index in [1.54, 1.807) is 38.1 Å². The molecular formula is C24H33BN4O6. The zero-order valence-electron chi connectivity index (χ0n) is 20.5. The number of unbranched alkanes of at least 4 members (excludes halogenated alkanes) is 2. The van der Waals surface area contributed by atoms with Crippen molar-refractivity contribution < 1.29 is 28.6 Å². The molecule has 0 aromatic heterocycles. The molecule has 1 aromatic carbocycles. The van der Waals surface area contributed by atoms with Crippen LogP contribution in [0.2, 0.25) is 0 Å². The largest absolute Gasteiger partial charge is 0.444 e. The lowest BCUT2D eigenvalue weighted by atomic mass is 9.92. The highest BCUT2D eigenvalue weighted by Crippen LogP contribution is 2.31. The van der Waals surface area contributed by atoms with Crippen molar-refractivity contribution in [3.8, 4) is 0 Å². The molecular weight excluding hydrogens is 451 g/mol. The Morgan fingerprint density at radius 1 is 1.06 bits per heavy atom. The van der Waals surface area contributed by atoms with Gasteiger partial charge in [0.1, 0.15) is 5.92 Å². The first kappa shape index (κ1) is 28.0. The third kappa shape index (κ3) is 8.50. The smallest absolute Gasteiger partial charge is 0.283 e. The molecule has 2 rings (SSSR count). The normalized spacial score (nSPS) is 15.6. The van der Waals surface area contributed by atoms with Crippen molar-refractivity contribution >= 4 is 43.3 Å². The maximum absolute atomic E-state index is 12.2. The van der Waals surface area contributed by atoms with E-state index >= 15 is 0 Å². The van der Waals surface area contributed by atoms with Gasteiger partial charge in [0.2, 0.25) is 29.5 Å². The van der Waals surface area contributed by atoms with E-state index in [1.165, 1.54) is 11.8 Å². The van der Waals surface area contributed by atoms with Crippen LogP contribution in [0.1, 0.15) is 52.0 Å². The van der Waals surface area contributed by atoms with Gasteiger partial charge in [-0.25, -0.2) is 0 Å². The van der Waals surface area contributed by atoms with Crippen LogP contribution in [-0.4, -0.2) is 62.1 Å². The van der Waals surface area contributed by atoms with Crippen LogP contribution < -0.4 is 16.0 Å². The fourth-order valence-corrected chi connectivity index (χ4v) is 3.62. The van der Waals surface area contributed by atoms with Gasteiger partial charge in [-0.2, -0.15) is 0 Å². The first-order valence-electron chi connectivity index (χ1n) is 11.7. The van der Waals surface area contributed by atoms with Crippen molar-refractivity contribution in [1.82, 2.24) is 15.5 Å². The van der Waals surface area contributed by atoms with Gasteiger partial charge in [0, 0.05) is 25.2 Å². The quantitative estimate of drug-likeness (QED) is 0.166. The second-order valence-corrected chi connectivity index (χ2v) is 9.26. The zero-order valence-corrected chi connectivity index (χ0v) is 20.5. The molecule has 0 spiro atoms. The van der Waals surface area contributed by atoms with Gasteiger partial charge in [0.15, 0.2) is 0 Å². The molecule has 0 saturated carbocycles. The van der Waals surface area contributed by atoms with E-state index in [2.05, 4.69) is 20.6 Å². The Kier molecular flexibility index (Phi) is 10.4. The first-order valence-corrected chi connectivity index (χ1v) is 11.7. The van der Waals surface area contributed by atoms with Crippen LogP contribution in [0.25, 0.3) is 0 Å². The fourth-order valence-electron chi connectivity index (χ4n) is 3.62. The number of likely N-dealkylation sites (tertiary alicyclic amines) is 1. The highest BCUT2D eigenvalue weighted by molar-refractivity contribution is 6.05. The van der Waals surface area contributed by atoms with Crippen LogP contribution >= 0.6 is 0 Å². The van der Waals surface area contributed by atoms with Crippen molar-refractivity contribution in [2.24, 2.45) is 11.3 Å². The summed E-state index contributed by atoms with van der Waals surface area (Å²) in [6, 6.07) is 6.87. The Bertz CT molecular complexity index is 934. The van der Waals surface area contributed by atoms with E-state index in [-0.39, 0.29) is 31.4 Å². The molecule has 3 N–H and O–H groups in total. The van der Waals surface area contributed by atoms with E-state index in [0.29, 0.717) is 31.6 Å². The summed E-state index contributed by atoms with van der Waals surface area (Å²) in [5.74, 6) is -2.65. The van der Waals surface area contributed by atoms with Gasteiger partial charge in [0.05, 0.1) is 18.6 Å². The van der Waals surface area contributed by atoms with E-state index in [9.17, 15) is 24.0 Å². The summed E-state index contributed by atoms with van der Waals surface area (Å²) in [7, 11) is 5.02. The standard InChI is InChI=1S/C24H33BN4O6/c1-16(22(33)27-14-19(30)28-18-9-7-17(8-10-18)15-35-25)21(32)26-11-5-4-6-12-29-20(31)13-24(2,3)23(29)34/h7-10,16H,4-6,11-15H2,1-3H3,(H,26,32)(H,27,33)(H,28,30). The minimum atomic E-state index is -0.958. The third-order valence-electron chi connectivity index (χ3n) is 5.77. The minimum Gasteiger partial charge on any atom is -0.444 e. The maximum Gasteiger partial charge on any atom is 0.283 e. The number of anilines is 1. The molecule has 11 heteroatoms. The van der Waals surface area contributed by atoms with Gasteiger partial charge in [-0.05, 0) is 43.9 Å². The SMILES string of the molecule is [B]OCc1ccc(NC(=O)CNC(=O)C(C)C(=O)NCCCCCN2C(=O)CC(C)(C)C2=O)cc1. The lowest BCUT2D eigenvalue weighted by Crippen LogP contribution is -2.42. The van der Waals surface area contributed by atoms with Gasteiger partial charge in [-0.3, -0.25) is 28.9 Å².